The van der Waals surface area contributed by atoms with Gasteiger partial charge < -0.3 is 10.4 Å². The van der Waals surface area contributed by atoms with Crippen LogP contribution in [0.25, 0.3) is 0 Å². The molecule has 21 heavy (non-hydrogen) atoms. The zero-order valence-corrected chi connectivity index (χ0v) is 11.9. The lowest BCUT2D eigenvalue weighted by Crippen LogP contribution is -2.13. The first-order chi connectivity index (χ1) is 10.1. The van der Waals surface area contributed by atoms with Crippen molar-refractivity contribution in [3.8, 4) is 0 Å². The number of amides is 1. The minimum Gasteiger partial charge on any atom is -0.478 e. The summed E-state index contributed by atoms with van der Waals surface area (Å²) in [6.07, 6.45) is 0.247. The van der Waals surface area contributed by atoms with Crippen LogP contribution < -0.4 is 5.32 Å². The zero-order chi connectivity index (χ0) is 15.2. The van der Waals surface area contributed by atoms with Crippen molar-refractivity contribution in [3.05, 3.63) is 52.2 Å². The van der Waals surface area contributed by atoms with Crippen LogP contribution in [0.4, 0.5) is 5.69 Å². The number of Topliss-reactive ketones (excluding diaryl/α,β-unsaturated/α-hetero) is 1. The van der Waals surface area contributed by atoms with E-state index in [1.54, 1.807) is 12.1 Å². The van der Waals surface area contributed by atoms with Crippen molar-refractivity contribution in [1.82, 2.24) is 0 Å². The number of hydrogen-bond donors (Lipinski definition) is 2. The van der Waals surface area contributed by atoms with Gasteiger partial charge in [-0.15, -0.1) is 11.3 Å². The van der Waals surface area contributed by atoms with E-state index in [1.807, 2.05) is 5.38 Å². The molecule has 0 aliphatic carbocycles. The van der Waals surface area contributed by atoms with Crippen molar-refractivity contribution in [2.75, 3.05) is 5.32 Å². The van der Waals surface area contributed by atoms with Gasteiger partial charge in [0.25, 0.3) is 0 Å². The van der Waals surface area contributed by atoms with Crippen LogP contribution in [-0.4, -0.2) is 22.8 Å². The number of carbonyl (C=O) groups is 3. The largest absolute Gasteiger partial charge is 0.478 e. The van der Waals surface area contributed by atoms with Crippen LogP contribution >= 0.6 is 11.3 Å². The van der Waals surface area contributed by atoms with E-state index >= 15 is 0 Å². The number of ketones is 1. The van der Waals surface area contributed by atoms with Crippen molar-refractivity contribution < 1.29 is 19.5 Å². The SMILES string of the molecule is O=C(CCC(=O)c1cccs1)Nc1ccc(C(=O)O)cc1. The minimum absolute atomic E-state index is 0.0543. The normalized spacial score (nSPS) is 10.1. The van der Waals surface area contributed by atoms with Crippen LogP contribution in [0.2, 0.25) is 0 Å². The Hall–Kier alpha value is -2.47. The maximum atomic E-state index is 11.7. The Labute approximate surface area is 125 Å². The molecule has 6 heteroatoms. The number of aromatic carboxylic acids is 1. The summed E-state index contributed by atoms with van der Waals surface area (Å²) in [6, 6.07) is 9.38. The summed E-state index contributed by atoms with van der Waals surface area (Å²) in [5, 5.41) is 13.2. The van der Waals surface area contributed by atoms with E-state index in [-0.39, 0.29) is 30.1 Å². The van der Waals surface area contributed by atoms with Crippen molar-refractivity contribution >= 4 is 34.7 Å². The number of anilines is 1. The lowest BCUT2D eigenvalue weighted by molar-refractivity contribution is -0.116. The summed E-state index contributed by atoms with van der Waals surface area (Å²) < 4.78 is 0. The third kappa shape index (κ3) is 4.25. The smallest absolute Gasteiger partial charge is 0.335 e. The van der Waals surface area contributed by atoms with Crippen LogP contribution in [0.15, 0.2) is 41.8 Å². The summed E-state index contributed by atoms with van der Waals surface area (Å²) in [4.78, 5) is 34.8. The Kier molecular flexibility index (Phi) is 4.84. The first kappa shape index (κ1) is 14.9. The van der Waals surface area contributed by atoms with Crippen molar-refractivity contribution in [2.45, 2.75) is 12.8 Å². The highest BCUT2D eigenvalue weighted by atomic mass is 32.1. The monoisotopic (exact) mass is 303 g/mol. The molecular formula is C15H13NO4S. The molecule has 0 unspecified atom stereocenters. The standard InChI is InChI=1S/C15H13NO4S/c17-12(13-2-1-9-21-13)7-8-14(18)16-11-5-3-10(4-6-11)15(19)20/h1-6,9H,7-8H2,(H,16,18)(H,19,20). The molecule has 1 heterocycles. The van der Waals surface area contributed by atoms with E-state index in [1.165, 1.54) is 35.6 Å². The molecular weight excluding hydrogens is 290 g/mol. The van der Waals surface area contributed by atoms with E-state index in [0.717, 1.165) is 0 Å². The van der Waals surface area contributed by atoms with Gasteiger partial charge in [-0.3, -0.25) is 9.59 Å². The average Bonchev–Trinajstić information content (AvgIpc) is 2.99. The highest BCUT2D eigenvalue weighted by Crippen LogP contribution is 2.14. The third-order valence-electron chi connectivity index (χ3n) is 2.79. The second-order valence-electron chi connectivity index (χ2n) is 4.33. The molecule has 5 nitrogen and oxygen atoms in total. The lowest BCUT2D eigenvalue weighted by atomic mass is 10.1. The predicted octanol–water partition coefficient (Wildman–Crippen LogP) is 3.05. The molecule has 0 bridgehead atoms. The topological polar surface area (TPSA) is 83.5 Å². The van der Waals surface area contributed by atoms with Gasteiger partial charge >= 0.3 is 5.97 Å². The summed E-state index contributed by atoms with van der Waals surface area (Å²) in [5.74, 6) is -1.35. The Bertz CT molecular complexity index is 647. The molecule has 2 aromatic rings. The molecule has 0 aliphatic heterocycles. The Morgan fingerprint density at radius 3 is 2.33 bits per heavy atom. The minimum atomic E-state index is -1.02. The summed E-state index contributed by atoms with van der Waals surface area (Å²) in [7, 11) is 0. The van der Waals surface area contributed by atoms with Gasteiger partial charge in [-0.05, 0) is 35.7 Å². The molecule has 1 amide bonds. The summed E-state index contributed by atoms with van der Waals surface area (Å²) in [5.41, 5.74) is 0.662. The van der Waals surface area contributed by atoms with Gasteiger partial charge in [0.05, 0.1) is 10.4 Å². The molecule has 0 fully saturated rings. The maximum Gasteiger partial charge on any atom is 0.335 e. The van der Waals surface area contributed by atoms with Crippen LogP contribution in [0, 0.1) is 0 Å². The second kappa shape index (κ2) is 6.81. The summed E-state index contributed by atoms with van der Waals surface area (Å²) in [6.45, 7) is 0. The highest BCUT2D eigenvalue weighted by Gasteiger charge is 2.10. The molecule has 0 saturated carbocycles. The lowest BCUT2D eigenvalue weighted by Gasteiger charge is -2.05. The number of rotatable bonds is 6. The fraction of sp³-hybridized carbons (Fsp3) is 0.133. The van der Waals surface area contributed by atoms with Gasteiger partial charge in [0, 0.05) is 18.5 Å². The number of carboxylic acids is 1. The molecule has 0 atom stereocenters. The third-order valence-corrected chi connectivity index (χ3v) is 3.70. The Morgan fingerprint density at radius 1 is 1.05 bits per heavy atom. The molecule has 2 N–H and O–H groups in total. The van der Waals surface area contributed by atoms with Gasteiger partial charge in [-0.2, -0.15) is 0 Å². The number of carboxylic acid groups (broad SMARTS) is 1. The maximum absolute atomic E-state index is 11.7. The average molecular weight is 303 g/mol. The van der Waals surface area contributed by atoms with Crippen molar-refractivity contribution in [1.29, 1.82) is 0 Å². The second-order valence-corrected chi connectivity index (χ2v) is 5.28. The molecule has 2 rings (SSSR count). The van der Waals surface area contributed by atoms with Gasteiger partial charge in [0.2, 0.25) is 5.91 Å². The first-order valence-corrected chi connectivity index (χ1v) is 7.14. The molecule has 0 radical (unpaired) electrons. The molecule has 1 aromatic carbocycles. The number of hydrogen-bond acceptors (Lipinski definition) is 4. The van der Waals surface area contributed by atoms with Crippen LogP contribution in [0.5, 0.6) is 0 Å². The van der Waals surface area contributed by atoms with Crippen LogP contribution in [0.3, 0.4) is 0 Å². The van der Waals surface area contributed by atoms with E-state index in [0.29, 0.717) is 10.6 Å². The Morgan fingerprint density at radius 2 is 1.76 bits per heavy atom. The number of carbonyl (C=O) groups excluding carboxylic acids is 2. The number of thiophene rings is 1. The first-order valence-electron chi connectivity index (χ1n) is 6.26. The highest BCUT2D eigenvalue weighted by molar-refractivity contribution is 7.12. The van der Waals surface area contributed by atoms with Gasteiger partial charge in [-0.1, -0.05) is 6.07 Å². The predicted molar refractivity (Wildman–Crippen MR) is 79.9 cm³/mol. The van der Waals surface area contributed by atoms with Crippen molar-refractivity contribution in [2.24, 2.45) is 0 Å². The van der Waals surface area contributed by atoms with E-state index in [2.05, 4.69) is 5.32 Å². The number of nitrogens with one attached hydrogen (secondary N) is 1. The fourth-order valence-corrected chi connectivity index (χ4v) is 2.40. The van der Waals surface area contributed by atoms with Gasteiger partial charge in [0.15, 0.2) is 5.78 Å². The zero-order valence-electron chi connectivity index (χ0n) is 11.0. The van der Waals surface area contributed by atoms with E-state index in [4.69, 9.17) is 5.11 Å². The number of benzene rings is 1. The van der Waals surface area contributed by atoms with Crippen molar-refractivity contribution in [3.63, 3.8) is 0 Å². The van der Waals surface area contributed by atoms with E-state index in [9.17, 15) is 14.4 Å². The molecule has 0 aliphatic rings. The Balaban J connectivity index is 1.84. The van der Waals surface area contributed by atoms with Crippen LogP contribution in [-0.2, 0) is 4.79 Å². The summed E-state index contributed by atoms with van der Waals surface area (Å²) >= 11 is 1.35. The molecule has 0 spiro atoms. The fourth-order valence-electron chi connectivity index (χ4n) is 1.71. The molecule has 0 saturated heterocycles. The molecule has 108 valence electrons. The van der Waals surface area contributed by atoms with Gasteiger partial charge in [-0.25, -0.2) is 4.79 Å². The quantitative estimate of drug-likeness (QED) is 0.803. The van der Waals surface area contributed by atoms with Crippen LogP contribution in [0.1, 0.15) is 32.9 Å². The van der Waals surface area contributed by atoms with Gasteiger partial charge in [0.1, 0.15) is 0 Å². The van der Waals surface area contributed by atoms with E-state index < -0.39 is 5.97 Å². The molecule has 1 aromatic heterocycles.